The number of pyridine rings is 2. The van der Waals surface area contributed by atoms with Crippen molar-refractivity contribution >= 4 is 29.1 Å². The number of nitriles is 1. The van der Waals surface area contributed by atoms with Crippen LogP contribution in [-0.4, -0.2) is 34.4 Å². The Bertz CT molecular complexity index is 1040. The highest BCUT2D eigenvalue weighted by Gasteiger charge is 2.56. The molecule has 5 rings (SSSR count). The topological polar surface area (TPSA) is 111 Å². The molecule has 3 aliphatic rings. The molecule has 2 saturated carbocycles. The van der Waals surface area contributed by atoms with Crippen LogP contribution in [0.4, 0.5) is 17.3 Å². The van der Waals surface area contributed by atoms with Gasteiger partial charge in [-0.2, -0.15) is 5.26 Å². The molecule has 2 aromatic rings. The molecular weight excluding hydrogens is 380 g/mol. The molecule has 1 saturated heterocycles. The molecule has 152 valence electrons. The van der Waals surface area contributed by atoms with Crippen molar-refractivity contribution in [2.45, 2.75) is 38.1 Å². The Labute approximate surface area is 174 Å². The number of hydrogen-bond donors (Lipinski definition) is 2. The summed E-state index contributed by atoms with van der Waals surface area (Å²) in [4.78, 5) is 35.4. The van der Waals surface area contributed by atoms with E-state index in [1.807, 2.05) is 0 Å². The first-order valence-electron chi connectivity index (χ1n) is 10.3. The minimum absolute atomic E-state index is 0.103. The van der Waals surface area contributed by atoms with Gasteiger partial charge in [-0.25, -0.2) is 9.97 Å². The van der Waals surface area contributed by atoms with Crippen LogP contribution in [0.1, 0.15) is 42.5 Å². The number of carbonyl (C=O) groups excluding carboxylic acids is 2. The maximum atomic E-state index is 13.0. The molecule has 0 bridgehead atoms. The Balaban J connectivity index is 1.29. The maximum absolute atomic E-state index is 13.0. The number of hydrogen-bond acceptors (Lipinski definition) is 6. The monoisotopic (exact) mass is 402 g/mol. The minimum Gasteiger partial charge on any atom is -0.349 e. The summed E-state index contributed by atoms with van der Waals surface area (Å²) in [5.74, 6) is 1.08. The average molecular weight is 402 g/mol. The van der Waals surface area contributed by atoms with Crippen LogP contribution in [0.25, 0.3) is 0 Å². The molecule has 0 aromatic carbocycles. The zero-order chi connectivity index (χ0) is 20.7. The fourth-order valence-electron chi connectivity index (χ4n) is 4.02. The van der Waals surface area contributed by atoms with Crippen molar-refractivity contribution in [3.05, 3.63) is 42.2 Å². The Morgan fingerprint density at radius 1 is 1.17 bits per heavy atom. The van der Waals surface area contributed by atoms with E-state index in [0.717, 1.165) is 31.4 Å². The fraction of sp³-hybridized carbons (Fsp3) is 0.409. The highest BCUT2D eigenvalue weighted by molar-refractivity contribution is 6.02. The lowest BCUT2D eigenvalue weighted by Crippen LogP contribution is -2.35. The van der Waals surface area contributed by atoms with Crippen LogP contribution in [0.2, 0.25) is 0 Å². The van der Waals surface area contributed by atoms with Crippen molar-refractivity contribution < 1.29 is 9.59 Å². The fourth-order valence-corrected chi connectivity index (χ4v) is 4.02. The van der Waals surface area contributed by atoms with Gasteiger partial charge in [0.2, 0.25) is 5.91 Å². The molecule has 0 spiro atoms. The lowest BCUT2D eigenvalue weighted by molar-refractivity contribution is -0.123. The highest BCUT2D eigenvalue weighted by atomic mass is 16.2. The Hall–Kier alpha value is -3.47. The molecule has 0 radical (unpaired) electrons. The summed E-state index contributed by atoms with van der Waals surface area (Å²) in [5.41, 5.74) is 0.371. The number of carbonyl (C=O) groups is 2. The quantitative estimate of drug-likeness (QED) is 0.769. The van der Waals surface area contributed by atoms with E-state index in [0.29, 0.717) is 36.2 Å². The maximum Gasteiger partial charge on any atom is 0.253 e. The van der Waals surface area contributed by atoms with Gasteiger partial charge in [0.15, 0.2) is 0 Å². The first-order valence-corrected chi connectivity index (χ1v) is 10.3. The van der Waals surface area contributed by atoms with Crippen LogP contribution in [-0.2, 0) is 4.79 Å². The Morgan fingerprint density at radius 2 is 2.00 bits per heavy atom. The van der Waals surface area contributed by atoms with Gasteiger partial charge in [0.05, 0.1) is 11.6 Å². The average Bonchev–Trinajstić information content (AvgIpc) is 3.69. The molecule has 8 nitrogen and oxygen atoms in total. The van der Waals surface area contributed by atoms with Crippen LogP contribution < -0.4 is 15.5 Å². The van der Waals surface area contributed by atoms with E-state index in [4.69, 9.17) is 0 Å². The van der Waals surface area contributed by atoms with E-state index >= 15 is 0 Å². The molecule has 2 amide bonds. The molecule has 2 N–H and O–H groups in total. The third-order valence-electron chi connectivity index (χ3n) is 6.08. The van der Waals surface area contributed by atoms with Gasteiger partial charge in [0, 0.05) is 36.7 Å². The van der Waals surface area contributed by atoms with E-state index in [-0.39, 0.29) is 17.7 Å². The third kappa shape index (κ3) is 3.36. The summed E-state index contributed by atoms with van der Waals surface area (Å²) in [7, 11) is 0. The van der Waals surface area contributed by atoms with Gasteiger partial charge in [-0.1, -0.05) is 0 Å². The minimum atomic E-state index is -0.866. The van der Waals surface area contributed by atoms with E-state index in [1.165, 1.54) is 6.20 Å². The third-order valence-corrected chi connectivity index (χ3v) is 6.08. The van der Waals surface area contributed by atoms with Gasteiger partial charge in [-0.3, -0.25) is 9.59 Å². The van der Waals surface area contributed by atoms with Crippen molar-refractivity contribution in [1.82, 2.24) is 15.3 Å². The lowest BCUT2D eigenvalue weighted by atomic mass is 9.83. The Kier molecular flexibility index (Phi) is 4.39. The molecule has 3 fully saturated rings. The van der Waals surface area contributed by atoms with Gasteiger partial charge in [-0.15, -0.1) is 0 Å². The van der Waals surface area contributed by atoms with Crippen LogP contribution >= 0.6 is 0 Å². The largest absolute Gasteiger partial charge is 0.349 e. The van der Waals surface area contributed by atoms with Crippen LogP contribution in [0.3, 0.4) is 0 Å². The van der Waals surface area contributed by atoms with Gasteiger partial charge in [0.1, 0.15) is 17.1 Å². The zero-order valence-corrected chi connectivity index (χ0v) is 16.5. The van der Waals surface area contributed by atoms with E-state index in [1.54, 1.807) is 35.4 Å². The molecule has 1 atom stereocenters. The van der Waals surface area contributed by atoms with Crippen LogP contribution in [0.5, 0.6) is 0 Å². The first-order chi connectivity index (χ1) is 14.6. The summed E-state index contributed by atoms with van der Waals surface area (Å²) in [6.07, 6.45) is 7.72. The predicted molar refractivity (Wildman–Crippen MR) is 110 cm³/mol. The standard InChI is InChI=1S/C22H22N6O2/c23-13-22(15-2-3-15)8-10-28(21(22)30)17-7-9-24-19(11-17)27-18-6-1-14(12-25-18)20(29)26-16-4-5-16/h1,6-7,9,11-12,15-16H,2-5,8,10H2,(H,26,29)(H,24,25,27)/t22-/m1/s1. The molecular formula is C22H22N6O2. The Morgan fingerprint density at radius 3 is 2.67 bits per heavy atom. The molecule has 3 heterocycles. The smallest absolute Gasteiger partial charge is 0.253 e. The second-order valence-corrected chi connectivity index (χ2v) is 8.27. The molecule has 2 aliphatic carbocycles. The normalized spacial score (nSPS) is 23.2. The van der Waals surface area contributed by atoms with Gasteiger partial charge < -0.3 is 15.5 Å². The van der Waals surface area contributed by atoms with E-state index in [2.05, 4.69) is 26.7 Å². The molecule has 8 heteroatoms. The number of nitrogens with one attached hydrogen (secondary N) is 2. The first kappa shape index (κ1) is 18.6. The molecule has 0 unspecified atom stereocenters. The van der Waals surface area contributed by atoms with Crippen molar-refractivity contribution in [2.75, 3.05) is 16.8 Å². The summed E-state index contributed by atoms with van der Waals surface area (Å²) in [6, 6.07) is 9.62. The second-order valence-electron chi connectivity index (χ2n) is 8.27. The number of rotatable bonds is 6. The summed E-state index contributed by atoms with van der Waals surface area (Å²) in [6.45, 7) is 0.537. The van der Waals surface area contributed by atoms with Gasteiger partial charge >= 0.3 is 0 Å². The predicted octanol–water partition coefficient (Wildman–Crippen LogP) is 2.77. The summed E-state index contributed by atoms with van der Waals surface area (Å²) >= 11 is 0. The van der Waals surface area contributed by atoms with Crippen molar-refractivity contribution in [2.24, 2.45) is 11.3 Å². The SMILES string of the molecule is N#C[C@@]1(C2CC2)CCN(c2ccnc(Nc3ccc(C(=O)NC4CC4)cn3)c2)C1=O. The lowest BCUT2D eigenvalue weighted by Gasteiger charge is -2.21. The number of aromatic nitrogens is 2. The highest BCUT2D eigenvalue weighted by Crippen LogP contribution is 2.51. The molecule has 2 aromatic heterocycles. The van der Waals surface area contributed by atoms with Crippen LogP contribution in [0, 0.1) is 22.7 Å². The van der Waals surface area contributed by atoms with E-state index in [9.17, 15) is 14.9 Å². The number of anilines is 3. The van der Waals surface area contributed by atoms with Crippen LogP contribution in [0.15, 0.2) is 36.7 Å². The van der Waals surface area contributed by atoms with E-state index < -0.39 is 5.41 Å². The number of amides is 2. The summed E-state index contributed by atoms with van der Waals surface area (Å²) in [5, 5.41) is 15.7. The molecule has 1 aliphatic heterocycles. The van der Waals surface area contributed by atoms with Crippen molar-refractivity contribution in [3.63, 3.8) is 0 Å². The van der Waals surface area contributed by atoms with Gasteiger partial charge in [-0.05, 0) is 56.2 Å². The zero-order valence-electron chi connectivity index (χ0n) is 16.5. The van der Waals surface area contributed by atoms with Gasteiger partial charge in [0.25, 0.3) is 5.91 Å². The van der Waals surface area contributed by atoms with Crippen molar-refractivity contribution in [1.29, 1.82) is 5.26 Å². The molecule has 30 heavy (non-hydrogen) atoms. The summed E-state index contributed by atoms with van der Waals surface area (Å²) < 4.78 is 0. The van der Waals surface area contributed by atoms with Crippen molar-refractivity contribution in [3.8, 4) is 6.07 Å². The second kappa shape index (κ2) is 7.10. The number of nitrogens with zero attached hydrogens (tertiary/aromatic N) is 4.